The number of rotatable bonds is 4. The number of hydrogen-bond donors (Lipinski definition) is 0. The Hall–Kier alpha value is -2.69. The monoisotopic (exact) mass is 308 g/mol. The number of carbonyl (C=O) groups excluding carboxylic acids is 1. The molecule has 3 rings (SSSR count). The van der Waals surface area contributed by atoms with E-state index in [0.29, 0.717) is 18.1 Å². The van der Waals surface area contributed by atoms with Crippen molar-refractivity contribution >= 4 is 16.8 Å². The van der Waals surface area contributed by atoms with E-state index in [2.05, 4.69) is 38.9 Å². The van der Waals surface area contributed by atoms with E-state index >= 15 is 0 Å². The lowest BCUT2D eigenvalue weighted by molar-refractivity contribution is 0.0784. The van der Waals surface area contributed by atoms with Gasteiger partial charge in [-0.25, -0.2) is 9.97 Å². The minimum atomic E-state index is -0.0740. The Bertz CT molecular complexity index is 833. The first-order valence-electron chi connectivity index (χ1n) is 7.66. The zero-order chi connectivity index (χ0) is 16.4. The van der Waals surface area contributed by atoms with E-state index in [0.717, 1.165) is 12.2 Å². The highest BCUT2D eigenvalue weighted by molar-refractivity contribution is 5.92. The standard InChI is InChI=1S/C18H20N4O/c1-13-12-16(20-14(2)19-13)18(23)21(3)10-11-22-9-8-15-6-4-5-7-17(15)22/h4-9,12H,10-11H2,1-3H3. The third kappa shape index (κ3) is 3.23. The SMILES string of the molecule is Cc1cc(C(=O)N(C)CCn2ccc3ccccc32)nc(C)n1. The fraction of sp³-hybridized carbons (Fsp3) is 0.278. The van der Waals surface area contributed by atoms with Crippen LogP contribution in [0.2, 0.25) is 0 Å². The van der Waals surface area contributed by atoms with Crippen molar-refractivity contribution in [3.8, 4) is 0 Å². The largest absolute Gasteiger partial charge is 0.346 e. The third-order valence-electron chi connectivity index (χ3n) is 3.89. The predicted octanol–water partition coefficient (Wildman–Crippen LogP) is 2.82. The number of benzene rings is 1. The van der Waals surface area contributed by atoms with Crippen LogP contribution in [0.5, 0.6) is 0 Å². The Morgan fingerprint density at radius 2 is 1.96 bits per heavy atom. The lowest BCUT2D eigenvalue weighted by atomic mass is 10.2. The van der Waals surface area contributed by atoms with Gasteiger partial charge in [-0.2, -0.15) is 0 Å². The lowest BCUT2D eigenvalue weighted by Gasteiger charge is -2.18. The van der Waals surface area contributed by atoms with Gasteiger partial charge in [0.25, 0.3) is 5.91 Å². The van der Waals surface area contributed by atoms with Crippen LogP contribution in [-0.4, -0.2) is 38.9 Å². The molecule has 5 heteroatoms. The van der Waals surface area contributed by atoms with E-state index < -0.39 is 0 Å². The molecule has 0 unspecified atom stereocenters. The van der Waals surface area contributed by atoms with Crippen LogP contribution in [0, 0.1) is 13.8 Å². The van der Waals surface area contributed by atoms with Gasteiger partial charge in [-0.15, -0.1) is 0 Å². The van der Waals surface area contributed by atoms with Crippen molar-refractivity contribution in [2.75, 3.05) is 13.6 Å². The summed E-state index contributed by atoms with van der Waals surface area (Å²) < 4.78 is 2.16. The molecule has 2 aromatic heterocycles. The van der Waals surface area contributed by atoms with Gasteiger partial charge in [0.15, 0.2) is 0 Å². The molecule has 0 saturated heterocycles. The summed E-state index contributed by atoms with van der Waals surface area (Å²) in [5, 5.41) is 1.21. The van der Waals surface area contributed by atoms with Crippen molar-refractivity contribution < 1.29 is 4.79 Å². The summed E-state index contributed by atoms with van der Waals surface area (Å²) >= 11 is 0. The molecule has 1 aromatic carbocycles. The molecule has 0 saturated carbocycles. The number of carbonyl (C=O) groups is 1. The van der Waals surface area contributed by atoms with Gasteiger partial charge in [0.05, 0.1) is 0 Å². The highest BCUT2D eigenvalue weighted by Gasteiger charge is 2.14. The molecule has 0 fully saturated rings. The summed E-state index contributed by atoms with van der Waals surface area (Å²) in [6.07, 6.45) is 2.06. The maximum Gasteiger partial charge on any atom is 0.272 e. The zero-order valence-corrected chi connectivity index (χ0v) is 13.7. The van der Waals surface area contributed by atoms with Crippen LogP contribution in [-0.2, 0) is 6.54 Å². The minimum Gasteiger partial charge on any atom is -0.346 e. The average Bonchev–Trinajstić information content (AvgIpc) is 2.94. The molecule has 23 heavy (non-hydrogen) atoms. The Kier molecular flexibility index (Phi) is 4.10. The van der Waals surface area contributed by atoms with Gasteiger partial charge in [0.1, 0.15) is 11.5 Å². The molecular formula is C18H20N4O. The van der Waals surface area contributed by atoms with Crippen LogP contribution in [0.3, 0.4) is 0 Å². The molecule has 0 atom stereocenters. The van der Waals surface area contributed by atoms with Crippen molar-refractivity contribution in [2.24, 2.45) is 0 Å². The number of aromatic nitrogens is 3. The van der Waals surface area contributed by atoms with E-state index in [1.807, 2.05) is 19.1 Å². The van der Waals surface area contributed by atoms with Crippen LogP contribution in [0.25, 0.3) is 10.9 Å². The van der Waals surface area contributed by atoms with Gasteiger partial charge in [-0.3, -0.25) is 4.79 Å². The van der Waals surface area contributed by atoms with Crippen LogP contribution in [0.15, 0.2) is 42.6 Å². The Labute approximate surface area is 135 Å². The second kappa shape index (κ2) is 6.20. The number of likely N-dealkylation sites (N-methyl/N-ethyl adjacent to an activating group) is 1. The van der Waals surface area contributed by atoms with Crippen molar-refractivity contribution in [3.63, 3.8) is 0 Å². The minimum absolute atomic E-state index is 0.0740. The number of fused-ring (bicyclic) bond motifs is 1. The number of nitrogens with zero attached hydrogens (tertiary/aromatic N) is 4. The molecule has 0 spiro atoms. The second-order valence-electron chi connectivity index (χ2n) is 5.74. The Morgan fingerprint density at radius 1 is 1.17 bits per heavy atom. The molecular weight excluding hydrogens is 288 g/mol. The average molecular weight is 308 g/mol. The van der Waals surface area contributed by atoms with E-state index in [9.17, 15) is 4.79 Å². The molecule has 0 aliphatic rings. The normalized spacial score (nSPS) is 10.9. The zero-order valence-electron chi connectivity index (χ0n) is 13.7. The maximum atomic E-state index is 12.5. The van der Waals surface area contributed by atoms with Crippen molar-refractivity contribution in [2.45, 2.75) is 20.4 Å². The molecule has 0 radical (unpaired) electrons. The van der Waals surface area contributed by atoms with Gasteiger partial charge in [-0.05, 0) is 37.4 Å². The maximum absolute atomic E-state index is 12.5. The Morgan fingerprint density at radius 3 is 2.74 bits per heavy atom. The summed E-state index contributed by atoms with van der Waals surface area (Å²) in [6.45, 7) is 5.05. The first-order chi connectivity index (χ1) is 11.0. The van der Waals surface area contributed by atoms with Crippen molar-refractivity contribution in [3.05, 3.63) is 59.8 Å². The van der Waals surface area contributed by atoms with Crippen LogP contribution in [0.1, 0.15) is 22.0 Å². The number of amides is 1. The highest BCUT2D eigenvalue weighted by atomic mass is 16.2. The topological polar surface area (TPSA) is 51.0 Å². The fourth-order valence-corrected chi connectivity index (χ4v) is 2.72. The van der Waals surface area contributed by atoms with Gasteiger partial charge in [0, 0.05) is 37.5 Å². The third-order valence-corrected chi connectivity index (χ3v) is 3.89. The first kappa shape index (κ1) is 15.2. The second-order valence-corrected chi connectivity index (χ2v) is 5.74. The predicted molar refractivity (Wildman–Crippen MR) is 90.4 cm³/mol. The van der Waals surface area contributed by atoms with Crippen molar-refractivity contribution in [1.29, 1.82) is 0 Å². The number of para-hydroxylation sites is 1. The smallest absolute Gasteiger partial charge is 0.272 e. The van der Waals surface area contributed by atoms with Crippen molar-refractivity contribution in [1.82, 2.24) is 19.4 Å². The summed E-state index contributed by atoms with van der Waals surface area (Å²) in [6, 6.07) is 12.1. The van der Waals surface area contributed by atoms with Crippen LogP contribution >= 0.6 is 0 Å². The van der Waals surface area contributed by atoms with E-state index in [-0.39, 0.29) is 5.91 Å². The summed E-state index contributed by atoms with van der Waals surface area (Å²) in [5.41, 5.74) is 2.45. The highest BCUT2D eigenvalue weighted by Crippen LogP contribution is 2.15. The van der Waals surface area contributed by atoms with Gasteiger partial charge in [0.2, 0.25) is 0 Å². The Balaban J connectivity index is 1.71. The fourth-order valence-electron chi connectivity index (χ4n) is 2.72. The molecule has 5 nitrogen and oxygen atoms in total. The van der Waals surface area contributed by atoms with E-state index in [1.54, 1.807) is 24.9 Å². The molecule has 118 valence electrons. The van der Waals surface area contributed by atoms with Gasteiger partial charge < -0.3 is 9.47 Å². The summed E-state index contributed by atoms with van der Waals surface area (Å²) in [7, 11) is 1.81. The molecule has 1 amide bonds. The summed E-state index contributed by atoms with van der Waals surface area (Å²) in [4.78, 5) is 22.7. The molecule has 0 aliphatic carbocycles. The number of hydrogen-bond acceptors (Lipinski definition) is 3. The summed E-state index contributed by atoms with van der Waals surface area (Å²) in [5.74, 6) is 0.549. The molecule has 0 aliphatic heterocycles. The molecule has 3 aromatic rings. The first-order valence-corrected chi connectivity index (χ1v) is 7.66. The van der Waals surface area contributed by atoms with Gasteiger partial charge >= 0.3 is 0 Å². The quantitative estimate of drug-likeness (QED) is 0.744. The molecule has 0 bridgehead atoms. The molecule has 2 heterocycles. The van der Waals surface area contributed by atoms with Gasteiger partial charge in [-0.1, -0.05) is 18.2 Å². The van der Waals surface area contributed by atoms with Crippen LogP contribution in [0.4, 0.5) is 0 Å². The van der Waals surface area contributed by atoms with E-state index in [4.69, 9.17) is 0 Å². The lowest BCUT2D eigenvalue weighted by Crippen LogP contribution is -2.31. The molecule has 0 N–H and O–H groups in total. The van der Waals surface area contributed by atoms with Crippen LogP contribution < -0.4 is 0 Å². The van der Waals surface area contributed by atoms with E-state index in [1.165, 1.54) is 10.9 Å². The number of aryl methyl sites for hydroxylation is 2.